The molecule has 6 nitrogen and oxygen atoms in total. The number of hydrogen-bond acceptors (Lipinski definition) is 5. The van der Waals surface area contributed by atoms with Crippen molar-refractivity contribution in [1.82, 2.24) is 9.97 Å². The second-order valence-electron chi connectivity index (χ2n) is 3.42. The summed E-state index contributed by atoms with van der Waals surface area (Å²) in [6, 6.07) is 6.21. The largest absolute Gasteiger partial charge is 0.424 e. The zero-order valence-electron chi connectivity index (χ0n) is 9.42. The third-order valence-electron chi connectivity index (χ3n) is 2.05. The number of halogens is 2. The standard InChI is InChI=1S/C11H8Cl2N4O2/c12-6-3-7(13)5-8(4-6)19-11-15-2-1-9(16-11)10(14)17-18/h1-5,18H,(H2,14,17). The number of benzene rings is 1. The molecule has 0 bridgehead atoms. The van der Waals surface area contributed by atoms with Gasteiger partial charge in [-0.15, -0.1) is 0 Å². The third-order valence-corrected chi connectivity index (χ3v) is 2.49. The SMILES string of the molecule is N/C(=N/O)c1ccnc(Oc2cc(Cl)cc(Cl)c2)n1. The predicted octanol–water partition coefficient (Wildman–Crippen LogP) is 2.67. The van der Waals surface area contributed by atoms with Crippen LogP contribution in [-0.4, -0.2) is 21.0 Å². The highest BCUT2D eigenvalue weighted by molar-refractivity contribution is 6.34. The highest BCUT2D eigenvalue weighted by atomic mass is 35.5. The van der Waals surface area contributed by atoms with Gasteiger partial charge in [0, 0.05) is 16.2 Å². The van der Waals surface area contributed by atoms with Gasteiger partial charge in [-0.3, -0.25) is 0 Å². The van der Waals surface area contributed by atoms with Gasteiger partial charge in [0.05, 0.1) is 0 Å². The Kier molecular flexibility index (Phi) is 4.03. The van der Waals surface area contributed by atoms with Crippen LogP contribution in [0.3, 0.4) is 0 Å². The van der Waals surface area contributed by atoms with E-state index < -0.39 is 0 Å². The number of rotatable bonds is 3. The van der Waals surface area contributed by atoms with Crippen molar-refractivity contribution < 1.29 is 9.94 Å². The second-order valence-corrected chi connectivity index (χ2v) is 4.29. The molecule has 2 rings (SSSR count). The normalized spacial score (nSPS) is 11.4. The van der Waals surface area contributed by atoms with Crippen LogP contribution in [0.5, 0.6) is 11.8 Å². The molecular formula is C11H8Cl2N4O2. The summed E-state index contributed by atoms with van der Waals surface area (Å²) in [5, 5.41) is 12.3. The average Bonchev–Trinajstić information content (AvgIpc) is 2.37. The van der Waals surface area contributed by atoms with Crippen molar-refractivity contribution >= 4 is 29.0 Å². The summed E-state index contributed by atoms with van der Waals surface area (Å²) in [6.07, 6.45) is 1.42. The summed E-state index contributed by atoms with van der Waals surface area (Å²) in [4.78, 5) is 7.86. The van der Waals surface area contributed by atoms with Crippen molar-refractivity contribution in [2.24, 2.45) is 10.9 Å². The third kappa shape index (κ3) is 3.46. The lowest BCUT2D eigenvalue weighted by Gasteiger charge is -2.05. The lowest BCUT2D eigenvalue weighted by molar-refractivity contribution is 0.318. The quantitative estimate of drug-likeness (QED) is 0.393. The first-order chi connectivity index (χ1) is 9.08. The summed E-state index contributed by atoms with van der Waals surface area (Å²) < 4.78 is 5.39. The molecule has 0 aliphatic rings. The zero-order chi connectivity index (χ0) is 13.8. The lowest BCUT2D eigenvalue weighted by Crippen LogP contribution is -2.15. The number of nitrogens with zero attached hydrogens (tertiary/aromatic N) is 3. The second kappa shape index (κ2) is 5.73. The maximum Gasteiger partial charge on any atom is 0.322 e. The topological polar surface area (TPSA) is 93.6 Å². The van der Waals surface area contributed by atoms with Gasteiger partial charge < -0.3 is 15.7 Å². The Morgan fingerprint density at radius 3 is 2.58 bits per heavy atom. The van der Waals surface area contributed by atoms with E-state index in [1.807, 2.05) is 0 Å². The molecule has 0 spiro atoms. The Morgan fingerprint density at radius 1 is 1.26 bits per heavy atom. The molecule has 0 saturated heterocycles. The Bertz CT molecular complexity index is 614. The minimum Gasteiger partial charge on any atom is -0.424 e. The predicted molar refractivity (Wildman–Crippen MR) is 71.1 cm³/mol. The van der Waals surface area contributed by atoms with Crippen LogP contribution in [0.1, 0.15) is 5.69 Å². The Hall–Kier alpha value is -2.05. The Morgan fingerprint density at radius 2 is 1.95 bits per heavy atom. The van der Waals surface area contributed by atoms with Crippen molar-refractivity contribution in [3.63, 3.8) is 0 Å². The molecular weight excluding hydrogens is 291 g/mol. The number of amidine groups is 1. The van der Waals surface area contributed by atoms with E-state index in [9.17, 15) is 0 Å². The first-order valence-corrected chi connectivity index (χ1v) is 5.79. The molecule has 0 unspecified atom stereocenters. The lowest BCUT2D eigenvalue weighted by atomic mass is 10.3. The van der Waals surface area contributed by atoms with Crippen LogP contribution in [-0.2, 0) is 0 Å². The van der Waals surface area contributed by atoms with Gasteiger partial charge in [-0.05, 0) is 24.3 Å². The van der Waals surface area contributed by atoms with Gasteiger partial charge >= 0.3 is 6.01 Å². The molecule has 3 N–H and O–H groups in total. The monoisotopic (exact) mass is 298 g/mol. The maximum absolute atomic E-state index is 8.57. The first-order valence-electron chi connectivity index (χ1n) is 5.03. The molecule has 0 radical (unpaired) electrons. The van der Waals surface area contributed by atoms with Gasteiger partial charge in [0.2, 0.25) is 0 Å². The van der Waals surface area contributed by atoms with Crippen LogP contribution in [0.4, 0.5) is 0 Å². The van der Waals surface area contributed by atoms with Gasteiger partial charge in [-0.2, -0.15) is 4.98 Å². The van der Waals surface area contributed by atoms with Crippen molar-refractivity contribution in [2.45, 2.75) is 0 Å². The van der Waals surface area contributed by atoms with Crippen LogP contribution in [0.15, 0.2) is 35.6 Å². The number of nitrogens with two attached hydrogens (primary N) is 1. The Labute approximate surface area is 118 Å². The fraction of sp³-hybridized carbons (Fsp3) is 0. The zero-order valence-corrected chi connectivity index (χ0v) is 10.9. The molecule has 0 fully saturated rings. The smallest absolute Gasteiger partial charge is 0.322 e. The van der Waals surface area contributed by atoms with Gasteiger partial charge in [0.15, 0.2) is 5.84 Å². The molecule has 8 heteroatoms. The number of aromatic nitrogens is 2. The molecule has 98 valence electrons. The van der Waals surface area contributed by atoms with E-state index in [0.717, 1.165) is 0 Å². The highest BCUT2D eigenvalue weighted by Crippen LogP contribution is 2.26. The molecule has 1 heterocycles. The van der Waals surface area contributed by atoms with Crippen LogP contribution >= 0.6 is 23.2 Å². The van der Waals surface area contributed by atoms with E-state index >= 15 is 0 Å². The van der Waals surface area contributed by atoms with Crippen LogP contribution in [0.25, 0.3) is 0 Å². The van der Waals surface area contributed by atoms with Gasteiger partial charge in [0.25, 0.3) is 0 Å². The van der Waals surface area contributed by atoms with Crippen molar-refractivity contribution in [2.75, 3.05) is 0 Å². The van der Waals surface area contributed by atoms with Crippen LogP contribution < -0.4 is 10.5 Å². The first kappa shape index (κ1) is 13.4. The fourth-order valence-corrected chi connectivity index (χ4v) is 1.78. The minimum absolute atomic E-state index is 0.0300. The van der Waals surface area contributed by atoms with E-state index in [1.165, 1.54) is 12.3 Å². The molecule has 0 amide bonds. The van der Waals surface area contributed by atoms with Gasteiger partial charge in [0.1, 0.15) is 11.4 Å². The molecule has 2 aromatic rings. The molecule has 0 aliphatic heterocycles. The summed E-state index contributed by atoms with van der Waals surface area (Å²) in [6.45, 7) is 0. The molecule has 0 atom stereocenters. The van der Waals surface area contributed by atoms with E-state index in [4.69, 9.17) is 38.9 Å². The molecule has 0 saturated carbocycles. The number of ether oxygens (including phenoxy) is 1. The molecule has 1 aromatic heterocycles. The summed E-state index contributed by atoms with van der Waals surface area (Å²) in [7, 11) is 0. The maximum atomic E-state index is 8.57. The van der Waals surface area contributed by atoms with Gasteiger partial charge in [-0.1, -0.05) is 28.4 Å². The summed E-state index contributed by atoms with van der Waals surface area (Å²) in [5.41, 5.74) is 5.65. The van der Waals surface area contributed by atoms with Crippen molar-refractivity contribution in [3.8, 4) is 11.8 Å². The molecule has 1 aromatic carbocycles. The van der Waals surface area contributed by atoms with Crippen molar-refractivity contribution in [3.05, 3.63) is 46.2 Å². The van der Waals surface area contributed by atoms with Crippen molar-refractivity contribution in [1.29, 1.82) is 0 Å². The number of oxime groups is 1. The number of hydrogen-bond donors (Lipinski definition) is 2. The van der Waals surface area contributed by atoms with E-state index in [1.54, 1.807) is 18.2 Å². The van der Waals surface area contributed by atoms with Gasteiger partial charge in [-0.25, -0.2) is 4.98 Å². The van der Waals surface area contributed by atoms with Crippen LogP contribution in [0, 0.1) is 0 Å². The van der Waals surface area contributed by atoms with E-state index in [-0.39, 0.29) is 17.5 Å². The van der Waals surface area contributed by atoms with E-state index in [2.05, 4.69) is 15.1 Å². The summed E-state index contributed by atoms with van der Waals surface area (Å²) in [5.74, 6) is 0.241. The molecule has 0 aliphatic carbocycles. The summed E-state index contributed by atoms with van der Waals surface area (Å²) >= 11 is 11.7. The highest BCUT2D eigenvalue weighted by Gasteiger charge is 2.07. The van der Waals surface area contributed by atoms with E-state index in [0.29, 0.717) is 15.8 Å². The Balaban J connectivity index is 2.28. The minimum atomic E-state index is -0.142. The fourth-order valence-electron chi connectivity index (χ4n) is 1.28. The van der Waals surface area contributed by atoms with Crippen LogP contribution in [0.2, 0.25) is 10.0 Å². The average molecular weight is 299 g/mol. The molecule has 19 heavy (non-hydrogen) atoms.